The molecule has 5 heteroatoms. The van der Waals surface area contributed by atoms with E-state index in [1.165, 1.54) is 18.6 Å². The first-order chi connectivity index (χ1) is 7.25. The van der Waals surface area contributed by atoms with Gasteiger partial charge in [-0.3, -0.25) is 4.79 Å². The van der Waals surface area contributed by atoms with E-state index in [4.69, 9.17) is 5.73 Å². The fraction of sp³-hybridized carbons (Fsp3) is 0.909. The number of amides is 1. The van der Waals surface area contributed by atoms with Gasteiger partial charge in [0.1, 0.15) is 0 Å². The maximum Gasteiger partial charge on any atom is 0.223 e. The van der Waals surface area contributed by atoms with Gasteiger partial charge in [-0.2, -0.15) is 11.8 Å². The lowest BCUT2D eigenvalue weighted by Gasteiger charge is -2.13. The molecule has 1 saturated heterocycles. The minimum Gasteiger partial charge on any atom is -0.355 e. The molecule has 16 heavy (non-hydrogen) atoms. The van der Waals surface area contributed by atoms with Gasteiger partial charge in [-0.05, 0) is 37.9 Å². The maximum absolute atomic E-state index is 11.8. The molecule has 0 aromatic carbocycles. The molecule has 3 N–H and O–H groups in total. The second kappa shape index (κ2) is 6.72. The molecule has 3 atom stereocenters. The van der Waals surface area contributed by atoms with E-state index in [0.717, 1.165) is 25.8 Å². The van der Waals surface area contributed by atoms with Crippen LogP contribution in [-0.4, -0.2) is 29.5 Å². The van der Waals surface area contributed by atoms with E-state index in [-0.39, 0.29) is 30.3 Å². The van der Waals surface area contributed by atoms with Gasteiger partial charge >= 0.3 is 0 Å². The Hall–Kier alpha value is 0.0700. The van der Waals surface area contributed by atoms with Gasteiger partial charge in [-0.1, -0.05) is 0 Å². The Labute approximate surface area is 108 Å². The van der Waals surface area contributed by atoms with E-state index in [9.17, 15) is 4.79 Å². The van der Waals surface area contributed by atoms with E-state index in [1.54, 1.807) is 0 Å². The van der Waals surface area contributed by atoms with Gasteiger partial charge in [0.2, 0.25) is 5.91 Å². The summed E-state index contributed by atoms with van der Waals surface area (Å²) in [5.74, 6) is 1.68. The molecule has 1 aliphatic heterocycles. The number of nitrogens with two attached hydrogens (primary N) is 1. The molecule has 0 aromatic rings. The van der Waals surface area contributed by atoms with Crippen LogP contribution in [0.1, 0.15) is 32.1 Å². The van der Waals surface area contributed by atoms with Gasteiger partial charge in [0.05, 0.1) is 0 Å². The van der Waals surface area contributed by atoms with E-state index >= 15 is 0 Å². The van der Waals surface area contributed by atoms with Crippen LogP contribution in [0.2, 0.25) is 0 Å². The van der Waals surface area contributed by atoms with Crippen LogP contribution in [-0.2, 0) is 4.79 Å². The van der Waals surface area contributed by atoms with Crippen LogP contribution in [0.15, 0.2) is 0 Å². The Morgan fingerprint density at radius 2 is 2.19 bits per heavy atom. The monoisotopic (exact) mass is 264 g/mol. The molecule has 94 valence electrons. The zero-order chi connectivity index (χ0) is 10.7. The number of thioether (sulfide) groups is 1. The molecule has 0 aromatic heterocycles. The first-order valence-electron chi connectivity index (χ1n) is 5.90. The molecule has 2 fully saturated rings. The number of hydrogen-bond donors (Lipinski definition) is 2. The SMILES string of the molecule is Cl.NC1CCC(C(=O)NCC2CCCS2)C1. The minimum absolute atomic E-state index is 0. The second-order valence-electron chi connectivity index (χ2n) is 4.65. The second-order valence-corrected chi connectivity index (χ2v) is 6.06. The van der Waals surface area contributed by atoms with Gasteiger partial charge in [-0.15, -0.1) is 12.4 Å². The smallest absolute Gasteiger partial charge is 0.223 e. The quantitative estimate of drug-likeness (QED) is 0.813. The number of carbonyl (C=O) groups is 1. The Kier molecular flexibility index (Phi) is 5.94. The minimum atomic E-state index is 0. The third-order valence-corrected chi connectivity index (χ3v) is 4.77. The van der Waals surface area contributed by atoms with Crippen molar-refractivity contribution >= 4 is 30.1 Å². The number of carbonyl (C=O) groups excluding carboxylic acids is 1. The number of hydrogen-bond acceptors (Lipinski definition) is 3. The highest BCUT2D eigenvalue weighted by Gasteiger charge is 2.28. The van der Waals surface area contributed by atoms with Gasteiger partial charge in [0.25, 0.3) is 0 Å². The first kappa shape index (κ1) is 14.1. The summed E-state index contributed by atoms with van der Waals surface area (Å²) in [6.45, 7) is 0.856. The topological polar surface area (TPSA) is 55.1 Å². The van der Waals surface area contributed by atoms with Crippen molar-refractivity contribution in [3.8, 4) is 0 Å². The van der Waals surface area contributed by atoms with E-state index in [2.05, 4.69) is 5.32 Å². The molecule has 1 amide bonds. The fourth-order valence-electron chi connectivity index (χ4n) is 2.42. The molecule has 0 bridgehead atoms. The molecule has 1 saturated carbocycles. The van der Waals surface area contributed by atoms with Gasteiger partial charge in [0, 0.05) is 23.8 Å². The Balaban J connectivity index is 0.00000128. The summed E-state index contributed by atoms with van der Waals surface area (Å²) >= 11 is 1.99. The maximum atomic E-state index is 11.8. The predicted molar refractivity (Wildman–Crippen MR) is 71.1 cm³/mol. The summed E-state index contributed by atoms with van der Waals surface area (Å²) in [7, 11) is 0. The highest BCUT2D eigenvalue weighted by Crippen LogP contribution is 2.26. The van der Waals surface area contributed by atoms with Gasteiger partial charge < -0.3 is 11.1 Å². The molecular formula is C11H21ClN2OS. The normalized spacial score (nSPS) is 33.4. The lowest BCUT2D eigenvalue weighted by molar-refractivity contribution is -0.124. The van der Waals surface area contributed by atoms with Crippen molar-refractivity contribution in [2.24, 2.45) is 11.7 Å². The summed E-state index contributed by atoms with van der Waals surface area (Å²) < 4.78 is 0. The van der Waals surface area contributed by atoms with E-state index < -0.39 is 0 Å². The standard InChI is InChI=1S/C11H20N2OS.ClH/c12-9-4-3-8(6-9)11(14)13-7-10-2-1-5-15-10;/h8-10H,1-7,12H2,(H,13,14);1H. The van der Waals surface area contributed by atoms with Crippen LogP contribution in [0, 0.1) is 5.92 Å². The molecular weight excluding hydrogens is 244 g/mol. The third kappa shape index (κ3) is 3.82. The van der Waals surface area contributed by atoms with Crippen LogP contribution in [0.25, 0.3) is 0 Å². The lowest BCUT2D eigenvalue weighted by atomic mass is 10.1. The van der Waals surface area contributed by atoms with Crippen LogP contribution in [0.3, 0.4) is 0 Å². The predicted octanol–water partition coefficient (Wildman–Crippen LogP) is 1.55. The van der Waals surface area contributed by atoms with Crippen LogP contribution in [0.4, 0.5) is 0 Å². The molecule has 1 aliphatic carbocycles. The highest BCUT2D eigenvalue weighted by molar-refractivity contribution is 8.00. The summed E-state index contributed by atoms with van der Waals surface area (Å²) in [6.07, 6.45) is 5.43. The van der Waals surface area contributed by atoms with Crippen molar-refractivity contribution in [3.63, 3.8) is 0 Å². The van der Waals surface area contributed by atoms with Crippen molar-refractivity contribution in [1.29, 1.82) is 0 Å². The zero-order valence-electron chi connectivity index (χ0n) is 9.48. The first-order valence-corrected chi connectivity index (χ1v) is 6.95. The third-order valence-electron chi connectivity index (χ3n) is 3.37. The molecule has 0 spiro atoms. The van der Waals surface area contributed by atoms with E-state index in [1.807, 2.05) is 11.8 Å². The average Bonchev–Trinajstić information content (AvgIpc) is 2.84. The summed E-state index contributed by atoms with van der Waals surface area (Å²) in [5.41, 5.74) is 5.80. The Morgan fingerprint density at radius 1 is 1.38 bits per heavy atom. The highest BCUT2D eigenvalue weighted by atomic mass is 35.5. The number of halogens is 1. The Morgan fingerprint density at radius 3 is 2.75 bits per heavy atom. The zero-order valence-corrected chi connectivity index (χ0v) is 11.1. The summed E-state index contributed by atoms with van der Waals surface area (Å²) in [5, 5.41) is 3.73. The molecule has 2 aliphatic rings. The summed E-state index contributed by atoms with van der Waals surface area (Å²) in [6, 6.07) is 0.251. The molecule has 1 heterocycles. The molecule has 3 nitrogen and oxygen atoms in total. The van der Waals surface area contributed by atoms with Crippen LogP contribution in [0.5, 0.6) is 0 Å². The fourth-order valence-corrected chi connectivity index (χ4v) is 3.62. The average molecular weight is 265 g/mol. The van der Waals surface area contributed by atoms with Crippen molar-refractivity contribution < 1.29 is 4.79 Å². The van der Waals surface area contributed by atoms with Crippen LogP contribution < -0.4 is 11.1 Å². The summed E-state index contributed by atoms with van der Waals surface area (Å²) in [4.78, 5) is 11.8. The lowest BCUT2D eigenvalue weighted by Crippen LogP contribution is -2.34. The van der Waals surface area contributed by atoms with Crippen molar-refractivity contribution in [3.05, 3.63) is 0 Å². The van der Waals surface area contributed by atoms with Gasteiger partial charge in [-0.25, -0.2) is 0 Å². The molecule has 3 unspecified atom stereocenters. The molecule has 2 rings (SSSR count). The number of rotatable bonds is 3. The van der Waals surface area contributed by atoms with Crippen LogP contribution >= 0.6 is 24.2 Å². The van der Waals surface area contributed by atoms with Crippen molar-refractivity contribution in [2.45, 2.75) is 43.4 Å². The van der Waals surface area contributed by atoms with Gasteiger partial charge in [0.15, 0.2) is 0 Å². The van der Waals surface area contributed by atoms with E-state index in [0.29, 0.717) is 5.25 Å². The Bertz CT molecular complexity index is 234. The molecule has 0 radical (unpaired) electrons. The van der Waals surface area contributed by atoms with Crippen molar-refractivity contribution in [2.75, 3.05) is 12.3 Å². The number of nitrogens with one attached hydrogen (secondary N) is 1. The largest absolute Gasteiger partial charge is 0.355 e. The van der Waals surface area contributed by atoms with Crippen molar-refractivity contribution in [1.82, 2.24) is 5.32 Å².